The fourth-order valence-corrected chi connectivity index (χ4v) is 4.31. The molecule has 0 saturated carbocycles. The lowest BCUT2D eigenvalue weighted by Crippen LogP contribution is -2.12. The van der Waals surface area contributed by atoms with E-state index in [-0.39, 0.29) is 17.9 Å². The summed E-state index contributed by atoms with van der Waals surface area (Å²) in [4.78, 5) is 17.4. The van der Waals surface area contributed by atoms with Crippen LogP contribution in [0, 0.1) is 0 Å². The number of methoxy groups -OCH3 is 1. The number of halogens is 2. The quantitative estimate of drug-likeness (QED) is 0.550. The molecule has 1 heterocycles. The Morgan fingerprint density at radius 3 is 2.45 bits per heavy atom. The normalized spacial score (nSPS) is 16.6. The van der Waals surface area contributed by atoms with E-state index in [0.29, 0.717) is 37.0 Å². The Hall–Kier alpha value is -2.41. The molecular weight excluding hydrogens is 433 g/mol. The lowest BCUT2D eigenvalue weighted by molar-refractivity contribution is -0.138. The van der Waals surface area contributed by atoms with Crippen molar-refractivity contribution in [2.75, 3.05) is 13.7 Å². The SMILES string of the molecule is CCOC(=O)C1=C(O)/C(=C/c2cc(Cl)c(OC)c(Cl)c2)SC1=Nc1ccccc1. The molecule has 150 valence electrons. The summed E-state index contributed by atoms with van der Waals surface area (Å²) in [6.07, 6.45) is 1.67. The molecule has 0 unspecified atom stereocenters. The van der Waals surface area contributed by atoms with Gasteiger partial charge in [0.1, 0.15) is 16.4 Å². The van der Waals surface area contributed by atoms with Crippen LogP contribution in [0.1, 0.15) is 12.5 Å². The maximum atomic E-state index is 12.4. The average Bonchev–Trinajstić information content (AvgIpc) is 2.97. The van der Waals surface area contributed by atoms with Gasteiger partial charge in [-0.3, -0.25) is 0 Å². The van der Waals surface area contributed by atoms with Gasteiger partial charge in [-0.2, -0.15) is 0 Å². The molecule has 0 aromatic heterocycles. The maximum absolute atomic E-state index is 12.4. The van der Waals surface area contributed by atoms with Gasteiger partial charge in [-0.1, -0.05) is 53.2 Å². The molecule has 0 spiro atoms. The van der Waals surface area contributed by atoms with E-state index in [2.05, 4.69) is 4.99 Å². The van der Waals surface area contributed by atoms with Crippen LogP contribution in [0.3, 0.4) is 0 Å². The molecule has 0 saturated heterocycles. The second-order valence-corrected chi connectivity index (χ2v) is 7.67. The van der Waals surface area contributed by atoms with E-state index in [9.17, 15) is 9.90 Å². The number of aliphatic hydroxyl groups is 1. The number of carbonyl (C=O) groups is 1. The number of hydrogen-bond acceptors (Lipinski definition) is 6. The summed E-state index contributed by atoms with van der Waals surface area (Å²) in [5.41, 5.74) is 1.32. The van der Waals surface area contributed by atoms with Crippen molar-refractivity contribution < 1.29 is 19.4 Å². The largest absolute Gasteiger partial charge is 0.506 e. The number of para-hydroxylation sites is 1. The Morgan fingerprint density at radius 1 is 1.21 bits per heavy atom. The molecule has 5 nitrogen and oxygen atoms in total. The molecular formula is C21H17Cl2NO4S. The van der Waals surface area contributed by atoms with Crippen LogP contribution in [-0.2, 0) is 9.53 Å². The van der Waals surface area contributed by atoms with E-state index >= 15 is 0 Å². The first-order valence-corrected chi connectivity index (χ1v) is 10.2. The fourth-order valence-electron chi connectivity index (χ4n) is 2.62. The van der Waals surface area contributed by atoms with Gasteiger partial charge < -0.3 is 14.6 Å². The Bertz CT molecular complexity index is 1010. The number of nitrogens with zero attached hydrogens (tertiary/aromatic N) is 1. The highest BCUT2D eigenvalue weighted by atomic mass is 35.5. The molecule has 0 amide bonds. The van der Waals surface area contributed by atoms with Crippen LogP contribution >= 0.6 is 35.0 Å². The Balaban J connectivity index is 2.06. The number of esters is 1. The third-order valence-electron chi connectivity index (χ3n) is 3.88. The third kappa shape index (κ3) is 4.78. The van der Waals surface area contributed by atoms with Gasteiger partial charge in [0.05, 0.1) is 34.4 Å². The first-order valence-electron chi connectivity index (χ1n) is 8.62. The van der Waals surface area contributed by atoms with Gasteiger partial charge in [0.25, 0.3) is 0 Å². The zero-order chi connectivity index (χ0) is 21.0. The van der Waals surface area contributed by atoms with Crippen LogP contribution < -0.4 is 4.74 Å². The van der Waals surface area contributed by atoms with E-state index in [1.807, 2.05) is 18.2 Å². The molecule has 0 radical (unpaired) electrons. The minimum absolute atomic E-state index is 0.0256. The standard InChI is InChI=1S/C21H17Cl2NO4S/c1-3-28-21(26)17-18(25)16(29-20(17)24-13-7-5-4-6-8-13)11-12-9-14(22)19(27-2)15(23)10-12/h4-11,25H,3H2,1-2H3/b16-11-,24-20?. The zero-order valence-corrected chi connectivity index (χ0v) is 17.9. The van der Waals surface area contributed by atoms with Crippen molar-refractivity contribution in [2.24, 2.45) is 4.99 Å². The van der Waals surface area contributed by atoms with E-state index in [1.54, 1.807) is 37.3 Å². The van der Waals surface area contributed by atoms with Crippen LogP contribution in [0.15, 0.2) is 63.7 Å². The van der Waals surface area contributed by atoms with Crippen LogP contribution in [0.25, 0.3) is 6.08 Å². The number of rotatable bonds is 5. The molecule has 29 heavy (non-hydrogen) atoms. The average molecular weight is 450 g/mol. The van der Waals surface area contributed by atoms with Crippen molar-refractivity contribution in [1.82, 2.24) is 0 Å². The lowest BCUT2D eigenvalue weighted by atomic mass is 10.1. The van der Waals surface area contributed by atoms with Gasteiger partial charge in [0.2, 0.25) is 0 Å². The number of thioether (sulfide) groups is 1. The Morgan fingerprint density at radius 2 is 1.86 bits per heavy atom. The van der Waals surface area contributed by atoms with Crippen molar-refractivity contribution in [3.05, 3.63) is 74.3 Å². The maximum Gasteiger partial charge on any atom is 0.344 e. The Labute approximate surface area is 182 Å². The predicted octanol–water partition coefficient (Wildman–Crippen LogP) is 6.20. The monoisotopic (exact) mass is 449 g/mol. The second kappa shape index (κ2) is 9.39. The molecule has 1 aliphatic heterocycles. The van der Waals surface area contributed by atoms with Crippen molar-refractivity contribution in [3.63, 3.8) is 0 Å². The number of hydrogen-bond donors (Lipinski definition) is 1. The first-order chi connectivity index (χ1) is 13.9. The molecule has 2 aromatic rings. The summed E-state index contributed by atoms with van der Waals surface area (Å²) >= 11 is 13.6. The number of ether oxygens (including phenoxy) is 2. The van der Waals surface area contributed by atoms with Gasteiger partial charge in [-0.15, -0.1) is 0 Å². The van der Waals surface area contributed by atoms with Gasteiger partial charge in [-0.25, -0.2) is 9.79 Å². The van der Waals surface area contributed by atoms with Crippen LogP contribution in [0.5, 0.6) is 5.75 Å². The van der Waals surface area contributed by atoms with E-state index < -0.39 is 5.97 Å². The highest BCUT2D eigenvalue weighted by Crippen LogP contribution is 2.41. The fraction of sp³-hybridized carbons (Fsp3) is 0.143. The van der Waals surface area contributed by atoms with Gasteiger partial charge in [-0.05, 0) is 42.8 Å². The summed E-state index contributed by atoms with van der Waals surface area (Å²) in [7, 11) is 1.48. The van der Waals surface area contributed by atoms with Gasteiger partial charge >= 0.3 is 5.97 Å². The van der Waals surface area contributed by atoms with Crippen LogP contribution in [-0.4, -0.2) is 29.8 Å². The minimum atomic E-state index is -0.638. The summed E-state index contributed by atoms with van der Waals surface area (Å²) in [5.74, 6) is -0.472. The Kier molecular flexibility index (Phi) is 6.90. The summed E-state index contributed by atoms with van der Waals surface area (Å²) in [5, 5.41) is 11.7. The zero-order valence-electron chi connectivity index (χ0n) is 15.6. The number of aliphatic imine (C=N–C) groups is 1. The molecule has 2 aromatic carbocycles. The van der Waals surface area contributed by atoms with Crippen molar-refractivity contribution >= 4 is 57.7 Å². The number of carbonyl (C=O) groups excluding carboxylic acids is 1. The van der Waals surface area contributed by atoms with Crippen molar-refractivity contribution in [1.29, 1.82) is 0 Å². The molecule has 0 atom stereocenters. The summed E-state index contributed by atoms with van der Waals surface area (Å²) in [6.45, 7) is 1.88. The minimum Gasteiger partial charge on any atom is -0.506 e. The predicted molar refractivity (Wildman–Crippen MR) is 118 cm³/mol. The molecule has 3 rings (SSSR count). The molecule has 1 aliphatic rings. The van der Waals surface area contributed by atoms with Crippen molar-refractivity contribution in [2.45, 2.75) is 6.92 Å². The van der Waals surface area contributed by atoms with Crippen molar-refractivity contribution in [3.8, 4) is 5.75 Å². The molecule has 0 aliphatic carbocycles. The van der Waals surface area contributed by atoms with Gasteiger partial charge in [0.15, 0.2) is 5.75 Å². The topological polar surface area (TPSA) is 68.1 Å². The van der Waals surface area contributed by atoms with Gasteiger partial charge in [0, 0.05) is 0 Å². The second-order valence-electron chi connectivity index (χ2n) is 5.83. The first kappa shape index (κ1) is 21.3. The van der Waals surface area contributed by atoms with Crippen LogP contribution in [0.4, 0.5) is 5.69 Å². The summed E-state index contributed by atoms with van der Waals surface area (Å²) < 4.78 is 10.2. The molecule has 1 N–H and O–H groups in total. The number of aliphatic hydroxyl groups excluding tert-OH is 1. The highest BCUT2D eigenvalue weighted by Gasteiger charge is 2.33. The lowest BCUT2D eigenvalue weighted by Gasteiger charge is -2.07. The molecule has 8 heteroatoms. The highest BCUT2D eigenvalue weighted by molar-refractivity contribution is 8.18. The number of benzene rings is 2. The molecule has 0 fully saturated rings. The molecule has 0 bridgehead atoms. The van der Waals surface area contributed by atoms with Crippen LogP contribution in [0.2, 0.25) is 10.0 Å². The van der Waals surface area contributed by atoms with E-state index in [4.69, 9.17) is 32.7 Å². The smallest absolute Gasteiger partial charge is 0.344 e. The van der Waals surface area contributed by atoms with E-state index in [0.717, 1.165) is 11.8 Å². The van der Waals surface area contributed by atoms with E-state index in [1.165, 1.54) is 7.11 Å². The summed E-state index contributed by atoms with van der Waals surface area (Å²) in [6, 6.07) is 12.5. The third-order valence-corrected chi connectivity index (χ3v) is 5.46.